The molecule has 0 bridgehead atoms. The second kappa shape index (κ2) is 7.70. The zero-order valence-corrected chi connectivity index (χ0v) is 14.7. The molecule has 0 spiro atoms. The Hall–Kier alpha value is -1.45. The van der Waals surface area contributed by atoms with Gasteiger partial charge in [-0.1, -0.05) is 35.2 Å². The Kier molecular flexibility index (Phi) is 5.92. The number of carbonyl (C=O) groups excluding carboxylic acids is 1. The second-order valence-corrected chi connectivity index (χ2v) is 7.32. The molecule has 2 rings (SSSR count). The molecule has 0 aliphatic heterocycles. The van der Waals surface area contributed by atoms with Gasteiger partial charge < -0.3 is 4.52 Å². The third kappa shape index (κ3) is 4.52. The highest BCUT2D eigenvalue weighted by molar-refractivity contribution is 8.01. The molecule has 0 aromatic carbocycles. The molecule has 0 unspecified atom stereocenters. The fraction of sp³-hybridized carbons (Fsp3) is 0.538. The molecule has 1 N–H and O–H groups in total. The number of hydrogen-bond acceptors (Lipinski definition) is 8. The van der Waals surface area contributed by atoms with Gasteiger partial charge in [-0.05, 0) is 26.6 Å². The first-order chi connectivity index (χ1) is 10.5. The summed E-state index contributed by atoms with van der Waals surface area (Å²) in [4.78, 5) is 13.9. The fourth-order valence-corrected chi connectivity index (χ4v) is 3.56. The standard InChI is InChI=1S/C13H19N5O2S2/c1-5-21-13-16-15-12(22-13)14-11(19)7-18(4)6-10-8(2)17-20-9(10)3/h5-7H2,1-4H3,(H,14,15,19). The summed E-state index contributed by atoms with van der Waals surface area (Å²) in [5.41, 5.74) is 1.88. The van der Waals surface area contributed by atoms with E-state index in [2.05, 4.69) is 20.7 Å². The van der Waals surface area contributed by atoms with E-state index >= 15 is 0 Å². The number of amides is 1. The van der Waals surface area contributed by atoms with E-state index in [9.17, 15) is 4.79 Å². The van der Waals surface area contributed by atoms with Gasteiger partial charge in [0.15, 0.2) is 4.34 Å². The van der Waals surface area contributed by atoms with E-state index in [0.29, 0.717) is 11.7 Å². The van der Waals surface area contributed by atoms with Gasteiger partial charge in [-0.25, -0.2) is 0 Å². The molecule has 0 aliphatic carbocycles. The van der Waals surface area contributed by atoms with E-state index in [1.54, 1.807) is 11.8 Å². The zero-order valence-electron chi connectivity index (χ0n) is 13.0. The maximum absolute atomic E-state index is 12.0. The first-order valence-electron chi connectivity index (χ1n) is 6.86. The lowest BCUT2D eigenvalue weighted by Crippen LogP contribution is -2.30. The van der Waals surface area contributed by atoms with Gasteiger partial charge in [0.1, 0.15) is 5.76 Å². The smallest absolute Gasteiger partial charge is 0.240 e. The molecule has 2 aromatic rings. The van der Waals surface area contributed by atoms with Crippen molar-refractivity contribution in [2.45, 2.75) is 31.7 Å². The van der Waals surface area contributed by atoms with Crippen LogP contribution in [0, 0.1) is 13.8 Å². The number of thioether (sulfide) groups is 1. The van der Waals surface area contributed by atoms with Gasteiger partial charge in [-0.2, -0.15) is 0 Å². The van der Waals surface area contributed by atoms with Crippen molar-refractivity contribution < 1.29 is 9.32 Å². The Bertz CT molecular complexity index is 621. The molecule has 7 nitrogen and oxygen atoms in total. The molecule has 0 radical (unpaired) electrons. The maximum Gasteiger partial charge on any atom is 0.240 e. The predicted molar refractivity (Wildman–Crippen MR) is 87.2 cm³/mol. The Morgan fingerprint density at radius 2 is 2.18 bits per heavy atom. The second-order valence-electron chi connectivity index (χ2n) is 4.83. The van der Waals surface area contributed by atoms with Gasteiger partial charge in [0.25, 0.3) is 0 Å². The first-order valence-corrected chi connectivity index (χ1v) is 8.66. The first kappa shape index (κ1) is 16.9. The zero-order chi connectivity index (χ0) is 16.1. The molecule has 22 heavy (non-hydrogen) atoms. The lowest BCUT2D eigenvalue weighted by molar-refractivity contribution is -0.117. The van der Waals surface area contributed by atoms with Crippen LogP contribution in [0.2, 0.25) is 0 Å². The lowest BCUT2D eigenvalue weighted by Gasteiger charge is -2.15. The summed E-state index contributed by atoms with van der Waals surface area (Å²) in [5.74, 6) is 1.61. The van der Waals surface area contributed by atoms with Crippen molar-refractivity contribution in [1.29, 1.82) is 0 Å². The van der Waals surface area contributed by atoms with Crippen molar-refractivity contribution in [3.8, 4) is 0 Å². The van der Waals surface area contributed by atoms with Crippen LogP contribution in [-0.2, 0) is 11.3 Å². The number of aromatic nitrogens is 3. The summed E-state index contributed by atoms with van der Waals surface area (Å²) >= 11 is 3.00. The summed E-state index contributed by atoms with van der Waals surface area (Å²) in [6.45, 7) is 6.70. The summed E-state index contributed by atoms with van der Waals surface area (Å²) in [6.07, 6.45) is 0. The molecule has 0 saturated carbocycles. The molecule has 2 aromatic heterocycles. The van der Waals surface area contributed by atoms with E-state index in [1.807, 2.05) is 32.7 Å². The Balaban J connectivity index is 1.85. The highest BCUT2D eigenvalue weighted by atomic mass is 32.2. The third-order valence-electron chi connectivity index (χ3n) is 2.94. The minimum absolute atomic E-state index is 0.113. The number of nitrogens with one attached hydrogen (secondary N) is 1. The SMILES string of the molecule is CCSc1nnc(NC(=O)CN(C)Cc2c(C)noc2C)s1. The number of carbonyl (C=O) groups is 1. The predicted octanol–water partition coefficient (Wildman–Crippen LogP) is 2.33. The van der Waals surface area contributed by atoms with E-state index in [-0.39, 0.29) is 12.5 Å². The minimum Gasteiger partial charge on any atom is -0.361 e. The van der Waals surface area contributed by atoms with Gasteiger partial charge >= 0.3 is 0 Å². The quantitative estimate of drug-likeness (QED) is 0.611. The molecule has 0 saturated heterocycles. The summed E-state index contributed by atoms with van der Waals surface area (Å²) in [6, 6.07) is 0. The van der Waals surface area contributed by atoms with Crippen molar-refractivity contribution in [3.63, 3.8) is 0 Å². The Morgan fingerprint density at radius 3 is 2.82 bits per heavy atom. The number of anilines is 1. The fourth-order valence-electron chi connectivity index (χ4n) is 1.90. The van der Waals surface area contributed by atoms with E-state index in [0.717, 1.165) is 27.1 Å². The molecule has 1 amide bonds. The Labute approximate surface area is 137 Å². The molecule has 0 aliphatic rings. The average molecular weight is 341 g/mol. The van der Waals surface area contributed by atoms with Gasteiger partial charge in [-0.3, -0.25) is 15.0 Å². The number of likely N-dealkylation sites (N-methyl/N-ethyl adjacent to an activating group) is 1. The van der Waals surface area contributed by atoms with Crippen LogP contribution in [0.3, 0.4) is 0 Å². The van der Waals surface area contributed by atoms with Gasteiger partial charge in [0, 0.05) is 12.1 Å². The molecule has 0 fully saturated rings. The maximum atomic E-state index is 12.0. The molecule has 2 heterocycles. The number of hydrogen-bond donors (Lipinski definition) is 1. The van der Waals surface area contributed by atoms with Crippen LogP contribution in [0.1, 0.15) is 23.9 Å². The Morgan fingerprint density at radius 1 is 1.41 bits per heavy atom. The van der Waals surface area contributed by atoms with Crippen molar-refractivity contribution in [2.24, 2.45) is 0 Å². The van der Waals surface area contributed by atoms with Crippen LogP contribution in [-0.4, -0.2) is 45.5 Å². The van der Waals surface area contributed by atoms with Crippen LogP contribution in [0.15, 0.2) is 8.86 Å². The number of nitrogens with zero attached hydrogens (tertiary/aromatic N) is 4. The van der Waals surface area contributed by atoms with Crippen LogP contribution in [0.5, 0.6) is 0 Å². The molecular weight excluding hydrogens is 322 g/mol. The van der Waals surface area contributed by atoms with E-state index in [1.165, 1.54) is 11.3 Å². The van der Waals surface area contributed by atoms with Gasteiger partial charge in [0.05, 0.1) is 12.2 Å². The monoisotopic (exact) mass is 341 g/mol. The topological polar surface area (TPSA) is 84.2 Å². The van der Waals surface area contributed by atoms with Crippen molar-refractivity contribution in [1.82, 2.24) is 20.3 Å². The van der Waals surface area contributed by atoms with Crippen molar-refractivity contribution in [2.75, 3.05) is 24.7 Å². The van der Waals surface area contributed by atoms with Gasteiger partial charge in [-0.15, -0.1) is 10.2 Å². The summed E-state index contributed by atoms with van der Waals surface area (Å²) < 4.78 is 5.99. The van der Waals surface area contributed by atoms with Crippen molar-refractivity contribution >= 4 is 34.1 Å². The van der Waals surface area contributed by atoms with Crippen LogP contribution in [0.25, 0.3) is 0 Å². The molecule has 0 atom stereocenters. The van der Waals surface area contributed by atoms with Crippen LogP contribution < -0.4 is 5.32 Å². The van der Waals surface area contributed by atoms with Crippen LogP contribution >= 0.6 is 23.1 Å². The largest absolute Gasteiger partial charge is 0.361 e. The van der Waals surface area contributed by atoms with Gasteiger partial charge in [0.2, 0.25) is 11.0 Å². The number of rotatable bonds is 7. The summed E-state index contributed by atoms with van der Waals surface area (Å²) in [5, 5.41) is 15.2. The minimum atomic E-state index is -0.113. The lowest BCUT2D eigenvalue weighted by atomic mass is 10.2. The normalized spacial score (nSPS) is 11.1. The molecule has 120 valence electrons. The number of aryl methyl sites for hydroxylation is 2. The highest BCUT2D eigenvalue weighted by Gasteiger charge is 2.15. The molecule has 9 heteroatoms. The van der Waals surface area contributed by atoms with E-state index in [4.69, 9.17) is 4.52 Å². The van der Waals surface area contributed by atoms with E-state index < -0.39 is 0 Å². The average Bonchev–Trinajstić information content (AvgIpc) is 3.00. The molecular formula is C13H19N5O2S2. The van der Waals surface area contributed by atoms with Crippen molar-refractivity contribution in [3.05, 3.63) is 17.0 Å². The summed E-state index contributed by atoms with van der Waals surface area (Å²) in [7, 11) is 1.88. The van der Waals surface area contributed by atoms with Crippen LogP contribution in [0.4, 0.5) is 5.13 Å². The highest BCUT2D eigenvalue weighted by Crippen LogP contribution is 2.24. The third-order valence-corrected chi connectivity index (χ3v) is 4.80.